The van der Waals surface area contributed by atoms with E-state index in [1.54, 1.807) is 11.0 Å². The monoisotopic (exact) mass is 347 g/mol. The summed E-state index contributed by atoms with van der Waals surface area (Å²) in [7, 11) is 0. The van der Waals surface area contributed by atoms with Crippen molar-refractivity contribution < 1.29 is 14.3 Å². The lowest BCUT2D eigenvalue weighted by Gasteiger charge is -2.34. The molecule has 1 atom stereocenters. The van der Waals surface area contributed by atoms with Crippen molar-refractivity contribution in [2.45, 2.75) is 65.3 Å². The minimum Gasteiger partial charge on any atom is -0.505 e. The predicted octanol–water partition coefficient (Wildman–Crippen LogP) is 5.12. The van der Waals surface area contributed by atoms with Crippen LogP contribution in [0, 0.1) is 23.6 Å². The number of aromatic hydroxyl groups is 1. The molecule has 3 rings (SSSR count). The number of hydrogen-bond acceptors (Lipinski definition) is 2. The summed E-state index contributed by atoms with van der Waals surface area (Å²) in [4.78, 5) is 14.3. The molecule has 1 aromatic carbocycles. The van der Waals surface area contributed by atoms with Gasteiger partial charge in [0.25, 0.3) is 5.91 Å². The average Bonchev–Trinajstić information content (AvgIpc) is 2.93. The lowest BCUT2D eigenvalue weighted by molar-refractivity contribution is 0.0717. The van der Waals surface area contributed by atoms with Crippen molar-refractivity contribution in [2.24, 2.45) is 17.8 Å². The summed E-state index contributed by atoms with van der Waals surface area (Å²) >= 11 is 0. The van der Waals surface area contributed by atoms with Crippen molar-refractivity contribution >= 4 is 5.91 Å². The van der Waals surface area contributed by atoms with Crippen LogP contribution in [-0.2, 0) is 6.54 Å². The van der Waals surface area contributed by atoms with E-state index in [1.807, 2.05) is 0 Å². The van der Waals surface area contributed by atoms with Gasteiger partial charge in [0.1, 0.15) is 0 Å². The third kappa shape index (κ3) is 3.83. The number of phenolic OH excluding ortho intramolecular Hbond substituents is 1. The molecule has 1 aliphatic heterocycles. The summed E-state index contributed by atoms with van der Waals surface area (Å²) in [6.45, 7) is 5.82. The molecule has 138 valence electrons. The second kappa shape index (κ2) is 7.76. The van der Waals surface area contributed by atoms with Gasteiger partial charge in [0.15, 0.2) is 11.6 Å². The maximum absolute atomic E-state index is 14.0. The highest BCUT2D eigenvalue weighted by Gasteiger charge is 2.34. The molecule has 0 aromatic heterocycles. The van der Waals surface area contributed by atoms with E-state index in [0.717, 1.165) is 24.7 Å². The van der Waals surface area contributed by atoms with Gasteiger partial charge in [0.05, 0.1) is 5.56 Å². The highest BCUT2D eigenvalue weighted by molar-refractivity contribution is 5.99. The first-order valence-corrected chi connectivity index (χ1v) is 9.80. The molecule has 0 spiro atoms. The fourth-order valence-corrected chi connectivity index (χ4v) is 4.56. The van der Waals surface area contributed by atoms with E-state index in [0.29, 0.717) is 24.6 Å². The standard InChI is InChI=1S/C21H30FNO2/c1-3-4-5-14(2)16-8-6-15(7-9-16)12-23-13-17-10-11-18(24)20(22)19(17)21(23)25/h10-11,14-16,24H,3-9,12-13H2,1-2H3. The molecule has 1 aliphatic carbocycles. The number of unbranched alkanes of at least 4 members (excludes halogenated alkanes) is 1. The van der Waals surface area contributed by atoms with Crippen LogP contribution in [0.1, 0.15) is 74.7 Å². The Kier molecular flexibility index (Phi) is 5.65. The molecule has 0 bridgehead atoms. The van der Waals surface area contributed by atoms with E-state index < -0.39 is 11.6 Å². The van der Waals surface area contributed by atoms with Crippen molar-refractivity contribution in [1.29, 1.82) is 0 Å². The molecule has 1 heterocycles. The van der Waals surface area contributed by atoms with Gasteiger partial charge < -0.3 is 10.0 Å². The molecule has 1 unspecified atom stereocenters. The zero-order valence-corrected chi connectivity index (χ0v) is 15.4. The summed E-state index contributed by atoms with van der Waals surface area (Å²) < 4.78 is 14.0. The minimum atomic E-state index is -0.765. The molecule has 3 nitrogen and oxygen atoms in total. The molecule has 1 amide bonds. The zero-order chi connectivity index (χ0) is 18.0. The van der Waals surface area contributed by atoms with Crippen LogP contribution in [0.15, 0.2) is 12.1 Å². The van der Waals surface area contributed by atoms with Crippen LogP contribution in [0.5, 0.6) is 5.75 Å². The predicted molar refractivity (Wildman–Crippen MR) is 96.9 cm³/mol. The molecule has 2 aliphatic rings. The molecular formula is C21H30FNO2. The van der Waals surface area contributed by atoms with Crippen molar-refractivity contribution in [1.82, 2.24) is 4.90 Å². The normalized spacial score (nSPS) is 24.4. The van der Waals surface area contributed by atoms with E-state index in [-0.39, 0.29) is 11.5 Å². The van der Waals surface area contributed by atoms with Gasteiger partial charge in [-0.1, -0.05) is 39.2 Å². The summed E-state index contributed by atoms with van der Waals surface area (Å²) in [6.07, 6.45) is 8.74. The van der Waals surface area contributed by atoms with Gasteiger partial charge in [0, 0.05) is 13.1 Å². The Hall–Kier alpha value is -1.58. The second-order valence-corrected chi connectivity index (χ2v) is 8.02. The topological polar surface area (TPSA) is 40.5 Å². The fourth-order valence-electron chi connectivity index (χ4n) is 4.56. The molecular weight excluding hydrogens is 317 g/mol. The zero-order valence-electron chi connectivity index (χ0n) is 15.4. The van der Waals surface area contributed by atoms with Gasteiger partial charge in [-0.3, -0.25) is 4.79 Å². The van der Waals surface area contributed by atoms with Crippen molar-refractivity contribution in [3.63, 3.8) is 0 Å². The van der Waals surface area contributed by atoms with Crippen LogP contribution in [-0.4, -0.2) is 22.5 Å². The lowest BCUT2D eigenvalue weighted by Crippen LogP contribution is -2.32. The molecule has 1 saturated carbocycles. The van der Waals surface area contributed by atoms with E-state index >= 15 is 0 Å². The van der Waals surface area contributed by atoms with Crippen LogP contribution in [0.2, 0.25) is 0 Å². The van der Waals surface area contributed by atoms with E-state index in [9.17, 15) is 14.3 Å². The summed E-state index contributed by atoms with van der Waals surface area (Å²) in [5, 5.41) is 9.51. The summed E-state index contributed by atoms with van der Waals surface area (Å²) in [6, 6.07) is 3.01. The number of fused-ring (bicyclic) bond motifs is 1. The van der Waals surface area contributed by atoms with Gasteiger partial charge in [0.2, 0.25) is 0 Å². The number of amides is 1. The Labute approximate surface area is 150 Å². The summed E-state index contributed by atoms with van der Waals surface area (Å²) in [5.41, 5.74) is 0.768. The van der Waals surface area contributed by atoms with E-state index in [2.05, 4.69) is 13.8 Å². The number of phenols is 1. The number of carbonyl (C=O) groups is 1. The molecule has 25 heavy (non-hydrogen) atoms. The Bertz CT molecular complexity index is 623. The van der Waals surface area contributed by atoms with Crippen molar-refractivity contribution in [3.8, 4) is 5.75 Å². The highest BCUT2D eigenvalue weighted by atomic mass is 19.1. The third-order valence-electron chi connectivity index (χ3n) is 6.26. The summed E-state index contributed by atoms with van der Waals surface area (Å²) in [5.74, 6) is 0.680. The maximum atomic E-state index is 14.0. The number of hydrogen-bond donors (Lipinski definition) is 1. The second-order valence-electron chi connectivity index (χ2n) is 8.02. The molecule has 0 radical (unpaired) electrons. The lowest BCUT2D eigenvalue weighted by atomic mass is 9.75. The number of benzene rings is 1. The molecule has 4 heteroatoms. The first kappa shape index (κ1) is 18.2. The van der Waals surface area contributed by atoms with E-state index in [4.69, 9.17) is 0 Å². The van der Waals surface area contributed by atoms with Gasteiger partial charge in [-0.15, -0.1) is 0 Å². The first-order valence-electron chi connectivity index (χ1n) is 9.80. The van der Waals surface area contributed by atoms with Crippen LogP contribution in [0.4, 0.5) is 4.39 Å². The van der Waals surface area contributed by atoms with Gasteiger partial charge in [-0.05, 0) is 55.1 Å². The molecule has 1 fully saturated rings. The van der Waals surface area contributed by atoms with Crippen molar-refractivity contribution in [2.75, 3.05) is 6.54 Å². The average molecular weight is 347 g/mol. The van der Waals surface area contributed by atoms with Gasteiger partial charge in [-0.25, -0.2) is 4.39 Å². The van der Waals surface area contributed by atoms with Crippen LogP contribution < -0.4 is 0 Å². The number of carbonyl (C=O) groups excluding carboxylic acids is 1. The fraction of sp³-hybridized carbons (Fsp3) is 0.667. The SMILES string of the molecule is CCCCC(C)C1CCC(CN2Cc3ccc(O)c(F)c3C2=O)CC1. The van der Waals surface area contributed by atoms with Gasteiger partial charge >= 0.3 is 0 Å². The Morgan fingerprint density at radius 1 is 1.28 bits per heavy atom. The van der Waals surface area contributed by atoms with E-state index in [1.165, 1.54) is 38.2 Å². The highest BCUT2D eigenvalue weighted by Crippen LogP contribution is 2.37. The number of nitrogens with zero attached hydrogens (tertiary/aromatic N) is 1. The number of halogens is 1. The Morgan fingerprint density at radius 2 is 2.00 bits per heavy atom. The maximum Gasteiger partial charge on any atom is 0.257 e. The Morgan fingerprint density at radius 3 is 2.68 bits per heavy atom. The third-order valence-corrected chi connectivity index (χ3v) is 6.26. The molecule has 1 N–H and O–H groups in total. The molecule has 0 saturated heterocycles. The molecule has 1 aromatic rings. The van der Waals surface area contributed by atoms with Crippen molar-refractivity contribution in [3.05, 3.63) is 29.1 Å². The quantitative estimate of drug-likeness (QED) is 0.776. The van der Waals surface area contributed by atoms with Gasteiger partial charge in [-0.2, -0.15) is 0 Å². The van der Waals surface area contributed by atoms with Crippen LogP contribution in [0.25, 0.3) is 0 Å². The number of rotatable bonds is 6. The Balaban J connectivity index is 1.54. The largest absolute Gasteiger partial charge is 0.505 e. The smallest absolute Gasteiger partial charge is 0.257 e. The minimum absolute atomic E-state index is 0.0712. The first-order chi connectivity index (χ1) is 12.0. The van der Waals surface area contributed by atoms with Crippen LogP contribution in [0.3, 0.4) is 0 Å². The van der Waals surface area contributed by atoms with Crippen LogP contribution >= 0.6 is 0 Å².